The smallest absolute Gasteiger partial charge is 0.305 e. The van der Waals surface area contributed by atoms with Crippen LogP contribution in [-0.2, 0) is 0 Å². The lowest BCUT2D eigenvalue weighted by Crippen LogP contribution is -2.13. The van der Waals surface area contributed by atoms with E-state index in [4.69, 9.17) is 0 Å². The number of carbonyl (C=O) groups excluding carboxylic acids is 1. The molecule has 174 valence electrons. The molecule has 0 saturated heterocycles. The fourth-order valence-electron chi connectivity index (χ4n) is 3.19. The number of hydrogen-bond donors (Lipinski definition) is 1. The highest BCUT2D eigenvalue weighted by Gasteiger charge is 2.21. The lowest BCUT2D eigenvalue weighted by molar-refractivity contribution is -0.380. The van der Waals surface area contributed by atoms with Crippen LogP contribution in [0.15, 0.2) is 54.9 Å². The molecule has 1 aromatic carbocycles. The Bertz CT molecular complexity index is 1620. The van der Waals surface area contributed by atoms with Gasteiger partial charge in [-0.15, -0.1) is 0 Å². The first-order chi connectivity index (χ1) is 16.8. The van der Waals surface area contributed by atoms with E-state index < -0.39 is 28.4 Å². The molecule has 0 bridgehead atoms. The summed E-state index contributed by atoms with van der Waals surface area (Å²) < 4.78 is 42.3. The zero-order chi connectivity index (χ0) is 24.7. The molecular formula is C21H10F3N7O3S. The fraction of sp³-hybridized carbons (Fsp3) is 0. The van der Waals surface area contributed by atoms with Crippen LogP contribution in [0.1, 0.15) is 9.67 Å². The largest absolute Gasteiger partial charge is 0.324 e. The van der Waals surface area contributed by atoms with Crippen molar-refractivity contribution in [2.24, 2.45) is 0 Å². The molecular weight excluding hydrogens is 487 g/mol. The minimum atomic E-state index is -0.907. The number of amides is 1. The lowest BCUT2D eigenvalue weighted by atomic mass is 10.2. The molecule has 4 heterocycles. The Labute approximate surface area is 196 Å². The first-order valence-electron chi connectivity index (χ1n) is 9.69. The van der Waals surface area contributed by atoms with Crippen molar-refractivity contribution < 1.29 is 22.9 Å². The highest BCUT2D eigenvalue weighted by atomic mass is 32.1. The molecule has 5 aromatic rings. The average molecular weight is 497 g/mol. The van der Waals surface area contributed by atoms with Crippen molar-refractivity contribution >= 4 is 39.1 Å². The van der Waals surface area contributed by atoms with Crippen LogP contribution in [0, 0.1) is 27.7 Å². The molecule has 1 amide bonds. The second-order valence-electron chi connectivity index (χ2n) is 7.00. The van der Waals surface area contributed by atoms with Crippen molar-refractivity contribution in [3.63, 3.8) is 0 Å². The number of rotatable bonds is 5. The Balaban J connectivity index is 1.65. The van der Waals surface area contributed by atoms with Gasteiger partial charge in [-0.3, -0.25) is 14.9 Å². The zero-order valence-electron chi connectivity index (χ0n) is 17.1. The number of hydrogen-bond acceptors (Lipinski definition) is 8. The first-order valence-corrected chi connectivity index (χ1v) is 10.5. The molecule has 0 radical (unpaired) electrons. The third-order valence-corrected chi connectivity index (χ3v) is 5.82. The molecule has 0 aliphatic carbocycles. The SMILES string of the molecule is O=C(Nc1nc(-c2ccc(F)nc2)nc2c1cnn2-c1ccc(F)cc1F)c1ccc([N+](=O)[O-])s1. The molecule has 5 rings (SSSR count). The molecule has 0 spiro atoms. The number of benzene rings is 1. The van der Waals surface area contributed by atoms with Crippen LogP contribution in [0.5, 0.6) is 0 Å². The maximum absolute atomic E-state index is 14.5. The molecule has 14 heteroatoms. The Morgan fingerprint density at radius 1 is 1.06 bits per heavy atom. The van der Waals surface area contributed by atoms with Crippen LogP contribution in [0.3, 0.4) is 0 Å². The Morgan fingerprint density at radius 3 is 2.57 bits per heavy atom. The molecule has 1 N–H and O–H groups in total. The van der Waals surface area contributed by atoms with E-state index in [9.17, 15) is 28.1 Å². The second-order valence-corrected chi connectivity index (χ2v) is 8.07. The van der Waals surface area contributed by atoms with Gasteiger partial charge >= 0.3 is 5.00 Å². The summed E-state index contributed by atoms with van der Waals surface area (Å²) in [6, 6.07) is 7.82. The minimum Gasteiger partial charge on any atom is -0.305 e. The van der Waals surface area contributed by atoms with Gasteiger partial charge in [-0.2, -0.15) is 9.49 Å². The molecule has 0 aliphatic rings. The maximum Gasteiger partial charge on any atom is 0.324 e. The number of halogens is 3. The Hall–Kier alpha value is -4.72. The highest BCUT2D eigenvalue weighted by molar-refractivity contribution is 7.17. The number of fused-ring (bicyclic) bond motifs is 1. The van der Waals surface area contributed by atoms with E-state index in [2.05, 4.69) is 25.4 Å². The molecule has 4 aromatic heterocycles. The Morgan fingerprint density at radius 2 is 1.89 bits per heavy atom. The molecule has 35 heavy (non-hydrogen) atoms. The van der Waals surface area contributed by atoms with E-state index in [1.807, 2.05) is 0 Å². The number of pyridine rings is 1. The van der Waals surface area contributed by atoms with E-state index in [-0.39, 0.29) is 43.8 Å². The van der Waals surface area contributed by atoms with Crippen LogP contribution >= 0.6 is 11.3 Å². The summed E-state index contributed by atoms with van der Waals surface area (Å²) >= 11 is 0.669. The van der Waals surface area contributed by atoms with Crippen molar-refractivity contribution in [2.45, 2.75) is 0 Å². The van der Waals surface area contributed by atoms with Gasteiger partial charge in [-0.1, -0.05) is 11.3 Å². The highest BCUT2D eigenvalue weighted by Crippen LogP contribution is 2.29. The normalized spacial score (nSPS) is 11.1. The van der Waals surface area contributed by atoms with Crippen LogP contribution in [0.25, 0.3) is 28.1 Å². The molecule has 0 aliphatic heterocycles. The van der Waals surface area contributed by atoms with Gasteiger partial charge in [0.15, 0.2) is 17.3 Å². The summed E-state index contributed by atoms with van der Waals surface area (Å²) in [7, 11) is 0. The van der Waals surface area contributed by atoms with Crippen molar-refractivity contribution in [1.29, 1.82) is 0 Å². The van der Waals surface area contributed by atoms with E-state index in [1.54, 1.807) is 0 Å². The Kier molecular flexibility index (Phi) is 5.41. The number of aromatic nitrogens is 5. The van der Waals surface area contributed by atoms with E-state index >= 15 is 0 Å². The van der Waals surface area contributed by atoms with Gasteiger partial charge in [0.2, 0.25) is 5.95 Å². The van der Waals surface area contributed by atoms with Crippen LogP contribution in [0.4, 0.5) is 24.0 Å². The van der Waals surface area contributed by atoms with Gasteiger partial charge in [0.1, 0.15) is 17.3 Å². The summed E-state index contributed by atoms with van der Waals surface area (Å²) in [5.41, 5.74) is 0.217. The van der Waals surface area contributed by atoms with Crippen molar-refractivity contribution in [3.8, 4) is 17.1 Å². The molecule has 0 unspecified atom stereocenters. The lowest BCUT2D eigenvalue weighted by Gasteiger charge is -2.09. The van der Waals surface area contributed by atoms with E-state index in [0.717, 1.165) is 16.8 Å². The molecule has 0 fully saturated rings. The van der Waals surface area contributed by atoms with E-state index in [1.165, 1.54) is 36.7 Å². The number of nitrogens with zero attached hydrogens (tertiary/aromatic N) is 6. The first kappa shape index (κ1) is 22.1. The predicted octanol–water partition coefficient (Wildman–Crippen LogP) is 4.52. The summed E-state index contributed by atoms with van der Waals surface area (Å²) in [5.74, 6) is -3.15. The summed E-state index contributed by atoms with van der Waals surface area (Å²) in [6.45, 7) is 0. The van der Waals surface area contributed by atoms with Crippen LogP contribution in [-0.4, -0.2) is 35.6 Å². The number of anilines is 1. The predicted molar refractivity (Wildman–Crippen MR) is 119 cm³/mol. The summed E-state index contributed by atoms with van der Waals surface area (Å²) in [4.78, 5) is 35.4. The summed E-state index contributed by atoms with van der Waals surface area (Å²) in [6.07, 6.45) is 2.45. The van der Waals surface area contributed by atoms with E-state index in [0.29, 0.717) is 17.4 Å². The zero-order valence-corrected chi connectivity index (χ0v) is 18.0. The van der Waals surface area contributed by atoms with Crippen molar-refractivity contribution in [3.05, 3.63) is 87.4 Å². The van der Waals surface area contributed by atoms with Gasteiger partial charge in [-0.25, -0.2) is 28.4 Å². The van der Waals surface area contributed by atoms with Crippen LogP contribution < -0.4 is 5.32 Å². The maximum atomic E-state index is 14.5. The number of thiophene rings is 1. The average Bonchev–Trinajstić information content (AvgIpc) is 3.48. The quantitative estimate of drug-likeness (QED) is 0.215. The summed E-state index contributed by atoms with van der Waals surface area (Å²) in [5, 5.41) is 17.6. The van der Waals surface area contributed by atoms with Gasteiger partial charge in [0.05, 0.1) is 21.4 Å². The second kappa shape index (κ2) is 8.57. The monoisotopic (exact) mass is 497 g/mol. The standard InChI is InChI=1S/C21H10F3N7O3S/c22-11-2-3-14(13(23)7-11)30-20-12(9-26-30)19(27-18(28-20)10-1-5-16(24)25-8-10)29-21(32)15-4-6-17(35-15)31(33)34/h1-9H,(H,27,28,29,32). The van der Waals surface area contributed by atoms with Crippen LogP contribution in [0.2, 0.25) is 0 Å². The number of carbonyl (C=O) groups is 1. The molecule has 0 saturated carbocycles. The minimum absolute atomic E-state index is 0.00160. The number of nitro groups is 1. The molecule has 0 atom stereocenters. The number of nitrogens with one attached hydrogen (secondary N) is 1. The van der Waals surface area contributed by atoms with Gasteiger partial charge in [0, 0.05) is 23.9 Å². The van der Waals surface area contributed by atoms with Gasteiger partial charge in [0.25, 0.3) is 5.91 Å². The molecule has 10 nitrogen and oxygen atoms in total. The third kappa shape index (κ3) is 4.17. The van der Waals surface area contributed by atoms with Gasteiger partial charge in [-0.05, 0) is 30.3 Å². The van der Waals surface area contributed by atoms with Crippen molar-refractivity contribution in [2.75, 3.05) is 5.32 Å². The fourth-order valence-corrected chi connectivity index (χ4v) is 3.90. The van der Waals surface area contributed by atoms with Gasteiger partial charge < -0.3 is 5.32 Å². The van der Waals surface area contributed by atoms with Crippen molar-refractivity contribution in [1.82, 2.24) is 24.7 Å². The topological polar surface area (TPSA) is 129 Å². The third-order valence-electron chi connectivity index (χ3n) is 4.78.